The van der Waals surface area contributed by atoms with Crippen molar-refractivity contribution in [2.45, 2.75) is 36.1 Å². The molecule has 3 aliphatic rings. The lowest BCUT2D eigenvalue weighted by atomic mass is 9.84. The lowest BCUT2D eigenvalue weighted by Gasteiger charge is -2.36. The Morgan fingerprint density at radius 1 is 1.50 bits per heavy atom. The van der Waals surface area contributed by atoms with Crippen LogP contribution in [-0.2, 0) is 14.2 Å². The summed E-state index contributed by atoms with van der Waals surface area (Å²) in [4.78, 5) is 0. The molecule has 0 aromatic heterocycles. The third kappa shape index (κ3) is 1.24. The van der Waals surface area contributed by atoms with E-state index in [0.717, 1.165) is 0 Å². The van der Waals surface area contributed by atoms with E-state index in [9.17, 15) is 10.2 Å². The predicted molar refractivity (Wildman–Crippen MR) is 53.8 cm³/mol. The molecule has 0 aromatic carbocycles. The molecule has 0 radical (unpaired) electrons. The maximum atomic E-state index is 10.4. The summed E-state index contributed by atoms with van der Waals surface area (Å²) < 4.78 is 16.1. The number of aliphatic hydroxyl groups excluding tert-OH is 1. The summed E-state index contributed by atoms with van der Waals surface area (Å²) in [6.07, 6.45) is -1.12. The van der Waals surface area contributed by atoms with Gasteiger partial charge in [0.1, 0.15) is 5.60 Å². The number of halogens is 1. The van der Waals surface area contributed by atoms with E-state index in [-0.39, 0.29) is 18.4 Å². The molecule has 0 amide bonds. The molecule has 16 heavy (non-hydrogen) atoms. The average molecular weight is 251 g/mol. The molecule has 92 valence electrons. The van der Waals surface area contributed by atoms with Gasteiger partial charge in [-0.1, -0.05) is 0 Å². The molecule has 7 atom stereocenters. The van der Waals surface area contributed by atoms with E-state index in [1.165, 1.54) is 0 Å². The van der Waals surface area contributed by atoms with Gasteiger partial charge in [-0.2, -0.15) is 0 Å². The standard InChI is InChI=1S/C10H15ClO5/c1-14-5-2-4-6-9(16-5)15-3-10(6,13)8(11)7(4)12/h4-9,12-13H,2-3H2,1H3. The van der Waals surface area contributed by atoms with E-state index < -0.39 is 29.7 Å². The highest BCUT2D eigenvalue weighted by Crippen LogP contribution is 2.54. The summed E-state index contributed by atoms with van der Waals surface area (Å²) in [6.45, 7) is 0.112. The first-order valence-corrected chi connectivity index (χ1v) is 5.86. The zero-order valence-corrected chi connectivity index (χ0v) is 9.63. The first-order valence-electron chi connectivity index (χ1n) is 5.42. The number of ether oxygens (including phenoxy) is 3. The lowest BCUT2D eigenvalue weighted by Crippen LogP contribution is -2.46. The van der Waals surface area contributed by atoms with Crippen molar-refractivity contribution in [2.75, 3.05) is 13.7 Å². The molecule has 1 aliphatic carbocycles. The van der Waals surface area contributed by atoms with Crippen LogP contribution in [0.3, 0.4) is 0 Å². The fourth-order valence-electron chi connectivity index (χ4n) is 3.20. The van der Waals surface area contributed by atoms with Crippen LogP contribution in [0.4, 0.5) is 0 Å². The zero-order valence-electron chi connectivity index (χ0n) is 8.88. The van der Waals surface area contributed by atoms with Crippen molar-refractivity contribution in [2.24, 2.45) is 11.8 Å². The summed E-state index contributed by atoms with van der Waals surface area (Å²) in [5.74, 6) is -0.380. The van der Waals surface area contributed by atoms with E-state index in [4.69, 9.17) is 25.8 Å². The minimum atomic E-state index is -1.17. The molecule has 2 saturated heterocycles. The Balaban J connectivity index is 1.93. The second kappa shape index (κ2) is 3.54. The summed E-state index contributed by atoms with van der Waals surface area (Å²) in [6, 6.07) is 0. The van der Waals surface area contributed by atoms with Gasteiger partial charge in [-0.05, 0) is 0 Å². The molecule has 0 aromatic rings. The summed E-state index contributed by atoms with van der Waals surface area (Å²) in [5.41, 5.74) is -1.17. The van der Waals surface area contributed by atoms with E-state index in [2.05, 4.69) is 0 Å². The third-order valence-electron chi connectivity index (χ3n) is 4.04. The fraction of sp³-hybridized carbons (Fsp3) is 1.00. The maximum Gasteiger partial charge on any atom is 0.166 e. The van der Waals surface area contributed by atoms with Crippen LogP contribution in [0.15, 0.2) is 0 Å². The SMILES string of the molecule is COC1CC2C(O)C(Cl)C3(O)COC(O1)C23. The van der Waals surface area contributed by atoms with Gasteiger partial charge in [0.2, 0.25) is 0 Å². The van der Waals surface area contributed by atoms with Crippen molar-refractivity contribution in [1.29, 1.82) is 0 Å². The average Bonchev–Trinajstić information content (AvgIpc) is 2.73. The van der Waals surface area contributed by atoms with Gasteiger partial charge in [-0.25, -0.2) is 0 Å². The van der Waals surface area contributed by atoms with Gasteiger partial charge >= 0.3 is 0 Å². The maximum absolute atomic E-state index is 10.4. The van der Waals surface area contributed by atoms with Crippen LogP contribution in [0, 0.1) is 11.8 Å². The van der Waals surface area contributed by atoms with Gasteiger partial charge < -0.3 is 24.4 Å². The van der Waals surface area contributed by atoms with Crippen LogP contribution in [0.25, 0.3) is 0 Å². The highest BCUT2D eigenvalue weighted by atomic mass is 35.5. The first kappa shape index (κ1) is 11.2. The van der Waals surface area contributed by atoms with Crippen molar-refractivity contribution in [3.63, 3.8) is 0 Å². The zero-order chi connectivity index (χ0) is 11.5. The van der Waals surface area contributed by atoms with Crippen molar-refractivity contribution >= 4 is 11.6 Å². The van der Waals surface area contributed by atoms with Gasteiger partial charge in [-0.15, -0.1) is 11.6 Å². The number of methoxy groups -OCH3 is 1. The number of rotatable bonds is 1. The Morgan fingerprint density at radius 2 is 2.25 bits per heavy atom. The number of hydrogen-bond acceptors (Lipinski definition) is 5. The topological polar surface area (TPSA) is 68.2 Å². The Bertz CT molecular complexity index is 301. The van der Waals surface area contributed by atoms with E-state index in [0.29, 0.717) is 6.42 Å². The van der Waals surface area contributed by atoms with Crippen molar-refractivity contribution < 1.29 is 24.4 Å². The molecular formula is C10H15ClO5. The summed E-state index contributed by atoms with van der Waals surface area (Å²) >= 11 is 6.09. The molecule has 6 heteroatoms. The normalized spacial score (nSPS) is 60.0. The Hall–Kier alpha value is 0.0900. The quantitative estimate of drug-likeness (QED) is 0.625. The minimum absolute atomic E-state index is 0.112. The Morgan fingerprint density at radius 3 is 2.94 bits per heavy atom. The van der Waals surface area contributed by atoms with Crippen LogP contribution >= 0.6 is 11.6 Å². The van der Waals surface area contributed by atoms with E-state index >= 15 is 0 Å². The molecule has 3 rings (SSSR count). The van der Waals surface area contributed by atoms with Crippen LogP contribution in [0.2, 0.25) is 0 Å². The number of hydrogen-bond donors (Lipinski definition) is 2. The van der Waals surface area contributed by atoms with Crippen LogP contribution in [0.1, 0.15) is 6.42 Å². The fourth-order valence-corrected chi connectivity index (χ4v) is 3.60. The highest BCUT2D eigenvalue weighted by molar-refractivity contribution is 6.22. The molecule has 5 nitrogen and oxygen atoms in total. The molecule has 2 aliphatic heterocycles. The highest BCUT2D eigenvalue weighted by Gasteiger charge is 2.67. The largest absolute Gasteiger partial charge is 0.391 e. The van der Waals surface area contributed by atoms with Gasteiger partial charge in [-0.3, -0.25) is 0 Å². The van der Waals surface area contributed by atoms with E-state index in [1.54, 1.807) is 7.11 Å². The Kier molecular flexibility index (Phi) is 2.48. The monoisotopic (exact) mass is 250 g/mol. The van der Waals surface area contributed by atoms with Gasteiger partial charge in [0, 0.05) is 25.4 Å². The smallest absolute Gasteiger partial charge is 0.166 e. The molecule has 1 saturated carbocycles. The van der Waals surface area contributed by atoms with Crippen LogP contribution in [-0.4, -0.2) is 53.6 Å². The lowest BCUT2D eigenvalue weighted by molar-refractivity contribution is -0.274. The van der Waals surface area contributed by atoms with Gasteiger partial charge in [0.15, 0.2) is 12.6 Å². The van der Waals surface area contributed by atoms with Crippen molar-refractivity contribution in [3.05, 3.63) is 0 Å². The summed E-state index contributed by atoms with van der Waals surface area (Å²) in [5, 5.41) is 19.7. The van der Waals surface area contributed by atoms with Gasteiger partial charge in [0.05, 0.1) is 18.1 Å². The second-order valence-electron chi connectivity index (χ2n) is 4.79. The molecule has 0 bridgehead atoms. The number of aliphatic hydroxyl groups is 2. The number of alkyl halides is 1. The second-order valence-corrected chi connectivity index (χ2v) is 5.26. The summed E-state index contributed by atoms with van der Waals surface area (Å²) in [7, 11) is 1.55. The first-order chi connectivity index (χ1) is 7.58. The minimum Gasteiger partial charge on any atom is -0.391 e. The molecular weight excluding hydrogens is 236 g/mol. The van der Waals surface area contributed by atoms with Crippen molar-refractivity contribution in [1.82, 2.24) is 0 Å². The molecule has 2 heterocycles. The Labute approximate surface area is 98.2 Å². The predicted octanol–water partition coefficient (Wildman–Crippen LogP) is -0.319. The third-order valence-corrected chi connectivity index (χ3v) is 4.68. The molecule has 7 unspecified atom stereocenters. The molecule has 0 spiro atoms. The van der Waals surface area contributed by atoms with Gasteiger partial charge in [0.25, 0.3) is 0 Å². The van der Waals surface area contributed by atoms with Crippen LogP contribution < -0.4 is 0 Å². The molecule has 3 fully saturated rings. The van der Waals surface area contributed by atoms with Crippen molar-refractivity contribution in [3.8, 4) is 0 Å². The molecule has 2 N–H and O–H groups in total. The van der Waals surface area contributed by atoms with E-state index in [1.807, 2.05) is 0 Å². The van der Waals surface area contributed by atoms with Crippen LogP contribution in [0.5, 0.6) is 0 Å².